The fourth-order valence-electron chi connectivity index (χ4n) is 2.23. The summed E-state index contributed by atoms with van der Waals surface area (Å²) in [5, 5.41) is 2.81. The standard InChI is InChI=1S/C17H18N4O3/c18-17-20-9-12(10-21-17)5-6-16(22)19-8-7-13-11-23-14-3-1-2-4-15(14)24-13/h1-6,9-10,13H,7-8,11H2,(H,19,22)(H2,18,20,21). The summed E-state index contributed by atoms with van der Waals surface area (Å²) in [5.74, 6) is 1.51. The van der Waals surface area contributed by atoms with Crippen LogP contribution in [0, 0.1) is 0 Å². The molecule has 0 spiro atoms. The molecule has 7 heteroatoms. The van der Waals surface area contributed by atoms with Crippen LogP contribution in [0.5, 0.6) is 11.5 Å². The number of rotatable bonds is 5. The van der Waals surface area contributed by atoms with E-state index < -0.39 is 0 Å². The predicted molar refractivity (Wildman–Crippen MR) is 89.5 cm³/mol. The van der Waals surface area contributed by atoms with E-state index in [-0.39, 0.29) is 18.0 Å². The minimum absolute atomic E-state index is 0.0744. The molecule has 0 radical (unpaired) electrons. The first kappa shape index (κ1) is 15.8. The van der Waals surface area contributed by atoms with Crippen molar-refractivity contribution in [3.8, 4) is 11.5 Å². The third-order valence-corrected chi connectivity index (χ3v) is 3.45. The van der Waals surface area contributed by atoms with Crippen molar-refractivity contribution >= 4 is 17.9 Å². The quantitative estimate of drug-likeness (QED) is 0.806. The predicted octanol–water partition coefficient (Wildman–Crippen LogP) is 1.42. The Kier molecular flexibility index (Phi) is 4.90. The Balaban J connectivity index is 1.42. The number of amides is 1. The van der Waals surface area contributed by atoms with Gasteiger partial charge in [-0.15, -0.1) is 0 Å². The number of ether oxygens (including phenoxy) is 2. The second-order valence-corrected chi connectivity index (χ2v) is 5.29. The highest BCUT2D eigenvalue weighted by Gasteiger charge is 2.20. The molecule has 0 saturated carbocycles. The molecule has 24 heavy (non-hydrogen) atoms. The number of nitrogens with one attached hydrogen (secondary N) is 1. The first-order valence-corrected chi connectivity index (χ1v) is 7.62. The van der Waals surface area contributed by atoms with Gasteiger partial charge in [0.15, 0.2) is 11.5 Å². The van der Waals surface area contributed by atoms with Gasteiger partial charge in [0.2, 0.25) is 11.9 Å². The molecule has 1 atom stereocenters. The number of hydrogen-bond acceptors (Lipinski definition) is 6. The van der Waals surface area contributed by atoms with Crippen LogP contribution in [0.4, 0.5) is 5.95 Å². The average molecular weight is 326 g/mol. The number of para-hydroxylation sites is 2. The van der Waals surface area contributed by atoms with E-state index >= 15 is 0 Å². The van der Waals surface area contributed by atoms with Crippen LogP contribution in [0.25, 0.3) is 6.08 Å². The largest absolute Gasteiger partial charge is 0.486 e. The zero-order chi connectivity index (χ0) is 16.8. The van der Waals surface area contributed by atoms with Gasteiger partial charge in [0, 0.05) is 37.0 Å². The smallest absolute Gasteiger partial charge is 0.244 e. The van der Waals surface area contributed by atoms with E-state index in [0.717, 1.165) is 11.5 Å². The Morgan fingerprint density at radius 2 is 2.04 bits per heavy atom. The Labute approximate surface area is 139 Å². The van der Waals surface area contributed by atoms with Crippen molar-refractivity contribution in [2.45, 2.75) is 12.5 Å². The summed E-state index contributed by atoms with van der Waals surface area (Å²) in [4.78, 5) is 19.5. The minimum atomic E-state index is -0.191. The van der Waals surface area contributed by atoms with Crippen LogP contribution in [-0.4, -0.2) is 35.1 Å². The molecule has 124 valence electrons. The van der Waals surface area contributed by atoms with Crippen LogP contribution < -0.4 is 20.5 Å². The average Bonchev–Trinajstić information content (AvgIpc) is 2.61. The molecular formula is C17H18N4O3. The van der Waals surface area contributed by atoms with Crippen molar-refractivity contribution in [2.24, 2.45) is 0 Å². The number of carbonyl (C=O) groups excluding carboxylic acids is 1. The number of nitrogen functional groups attached to an aromatic ring is 1. The maximum absolute atomic E-state index is 11.8. The Morgan fingerprint density at radius 3 is 2.83 bits per heavy atom. The van der Waals surface area contributed by atoms with Gasteiger partial charge in [-0.25, -0.2) is 9.97 Å². The van der Waals surface area contributed by atoms with Crippen LogP contribution >= 0.6 is 0 Å². The van der Waals surface area contributed by atoms with Crippen molar-refractivity contribution in [1.29, 1.82) is 0 Å². The maximum atomic E-state index is 11.8. The van der Waals surface area contributed by atoms with Crippen LogP contribution in [0.1, 0.15) is 12.0 Å². The maximum Gasteiger partial charge on any atom is 0.244 e. The van der Waals surface area contributed by atoms with Crippen molar-refractivity contribution in [3.05, 3.63) is 48.3 Å². The Hall–Kier alpha value is -3.09. The topological polar surface area (TPSA) is 99.4 Å². The molecule has 1 aromatic heterocycles. The van der Waals surface area contributed by atoms with E-state index in [9.17, 15) is 4.79 Å². The van der Waals surface area contributed by atoms with Gasteiger partial charge in [-0.05, 0) is 18.2 Å². The van der Waals surface area contributed by atoms with Gasteiger partial charge in [0.05, 0.1) is 0 Å². The van der Waals surface area contributed by atoms with Gasteiger partial charge in [-0.3, -0.25) is 4.79 Å². The summed E-state index contributed by atoms with van der Waals surface area (Å²) < 4.78 is 11.5. The van der Waals surface area contributed by atoms with Gasteiger partial charge < -0.3 is 20.5 Å². The molecule has 3 N–H and O–H groups in total. The van der Waals surface area contributed by atoms with E-state index in [1.165, 1.54) is 6.08 Å². The van der Waals surface area contributed by atoms with Crippen molar-refractivity contribution in [1.82, 2.24) is 15.3 Å². The number of aromatic nitrogens is 2. The number of hydrogen-bond donors (Lipinski definition) is 2. The van der Waals surface area contributed by atoms with E-state index in [4.69, 9.17) is 15.2 Å². The highest BCUT2D eigenvalue weighted by Crippen LogP contribution is 2.31. The summed E-state index contributed by atoms with van der Waals surface area (Å²) in [7, 11) is 0. The van der Waals surface area contributed by atoms with E-state index in [0.29, 0.717) is 25.1 Å². The fourth-order valence-corrected chi connectivity index (χ4v) is 2.23. The molecule has 0 aliphatic carbocycles. The number of fused-ring (bicyclic) bond motifs is 1. The zero-order valence-corrected chi connectivity index (χ0v) is 13.0. The lowest BCUT2D eigenvalue weighted by atomic mass is 10.2. The monoisotopic (exact) mass is 326 g/mol. The first-order chi connectivity index (χ1) is 11.7. The SMILES string of the molecule is Nc1ncc(C=CC(=O)NCCC2COc3ccccc3O2)cn1. The molecule has 3 rings (SSSR count). The lowest BCUT2D eigenvalue weighted by molar-refractivity contribution is -0.116. The summed E-state index contributed by atoms with van der Waals surface area (Å²) >= 11 is 0. The molecule has 0 bridgehead atoms. The van der Waals surface area contributed by atoms with Crippen LogP contribution in [0.2, 0.25) is 0 Å². The molecule has 0 fully saturated rings. The molecule has 1 unspecified atom stereocenters. The van der Waals surface area contributed by atoms with E-state index in [1.807, 2.05) is 24.3 Å². The van der Waals surface area contributed by atoms with Gasteiger partial charge in [-0.1, -0.05) is 12.1 Å². The second-order valence-electron chi connectivity index (χ2n) is 5.29. The molecular weight excluding hydrogens is 308 g/mol. The van der Waals surface area contributed by atoms with Gasteiger partial charge in [0.25, 0.3) is 0 Å². The lowest BCUT2D eigenvalue weighted by Crippen LogP contribution is -2.33. The van der Waals surface area contributed by atoms with E-state index in [1.54, 1.807) is 18.5 Å². The number of anilines is 1. The fraction of sp³-hybridized carbons (Fsp3) is 0.235. The normalized spacial score (nSPS) is 16.1. The molecule has 1 aromatic carbocycles. The summed E-state index contributed by atoms with van der Waals surface area (Å²) in [5.41, 5.74) is 6.11. The van der Waals surface area contributed by atoms with Gasteiger partial charge in [0.1, 0.15) is 12.7 Å². The third-order valence-electron chi connectivity index (χ3n) is 3.45. The Bertz CT molecular complexity index is 731. The van der Waals surface area contributed by atoms with Crippen LogP contribution in [-0.2, 0) is 4.79 Å². The van der Waals surface area contributed by atoms with Crippen LogP contribution in [0.3, 0.4) is 0 Å². The second kappa shape index (κ2) is 7.45. The molecule has 2 heterocycles. The minimum Gasteiger partial charge on any atom is -0.486 e. The number of carbonyl (C=O) groups is 1. The highest BCUT2D eigenvalue weighted by atomic mass is 16.6. The van der Waals surface area contributed by atoms with Crippen molar-refractivity contribution in [2.75, 3.05) is 18.9 Å². The molecule has 1 aliphatic rings. The molecule has 2 aromatic rings. The zero-order valence-electron chi connectivity index (χ0n) is 13.0. The molecule has 1 amide bonds. The van der Waals surface area contributed by atoms with E-state index in [2.05, 4.69) is 15.3 Å². The van der Waals surface area contributed by atoms with Gasteiger partial charge >= 0.3 is 0 Å². The number of nitrogens with two attached hydrogens (primary N) is 1. The van der Waals surface area contributed by atoms with Gasteiger partial charge in [-0.2, -0.15) is 0 Å². The van der Waals surface area contributed by atoms with Crippen LogP contribution in [0.15, 0.2) is 42.7 Å². The number of nitrogens with zero attached hydrogens (tertiary/aromatic N) is 2. The summed E-state index contributed by atoms with van der Waals surface area (Å²) in [6.07, 6.45) is 6.76. The first-order valence-electron chi connectivity index (χ1n) is 7.62. The van der Waals surface area contributed by atoms with Crippen molar-refractivity contribution in [3.63, 3.8) is 0 Å². The summed E-state index contributed by atoms with van der Waals surface area (Å²) in [6.45, 7) is 0.975. The molecule has 0 saturated heterocycles. The third kappa shape index (κ3) is 4.22. The number of benzene rings is 1. The summed E-state index contributed by atoms with van der Waals surface area (Å²) in [6, 6.07) is 7.55. The highest BCUT2D eigenvalue weighted by molar-refractivity contribution is 5.91. The molecule has 1 aliphatic heterocycles. The Morgan fingerprint density at radius 1 is 1.29 bits per heavy atom. The van der Waals surface area contributed by atoms with Crippen molar-refractivity contribution < 1.29 is 14.3 Å². The lowest BCUT2D eigenvalue weighted by Gasteiger charge is -2.26. The molecule has 7 nitrogen and oxygen atoms in total.